The van der Waals surface area contributed by atoms with Crippen molar-refractivity contribution in [2.45, 2.75) is 46.0 Å². The van der Waals surface area contributed by atoms with Gasteiger partial charge in [0, 0.05) is 19.8 Å². The molecule has 98 valence electrons. The summed E-state index contributed by atoms with van der Waals surface area (Å²) in [6.07, 6.45) is 0. The summed E-state index contributed by atoms with van der Waals surface area (Å²) in [7, 11) is -4.04. The average molecular weight is 285 g/mol. The van der Waals surface area contributed by atoms with Crippen molar-refractivity contribution in [1.29, 1.82) is 0 Å². The van der Waals surface area contributed by atoms with Gasteiger partial charge in [0.15, 0.2) is 0 Å². The van der Waals surface area contributed by atoms with Gasteiger partial charge in [-0.2, -0.15) is 0 Å². The lowest BCUT2D eigenvalue weighted by Crippen LogP contribution is -2.41. The Labute approximate surface area is 107 Å². The van der Waals surface area contributed by atoms with Crippen LogP contribution in [0.2, 0.25) is 25.2 Å². The first-order valence-corrected chi connectivity index (χ1v) is 12.1. The van der Waals surface area contributed by atoms with Crippen LogP contribution in [0.1, 0.15) is 20.8 Å². The molecule has 0 radical (unpaired) electrons. The first-order chi connectivity index (χ1) is 7.39. The van der Waals surface area contributed by atoms with Crippen LogP contribution in [0.25, 0.3) is 0 Å². The van der Waals surface area contributed by atoms with E-state index in [2.05, 4.69) is 6.55 Å². The van der Waals surface area contributed by atoms with Crippen LogP contribution in [0.15, 0.2) is 0 Å². The number of hydrogen-bond donors (Lipinski definition) is 0. The predicted molar refractivity (Wildman–Crippen MR) is 73.6 cm³/mol. The van der Waals surface area contributed by atoms with Crippen LogP contribution in [-0.4, -0.2) is 36.0 Å². The second kappa shape index (κ2) is 7.84. The second-order valence-corrected chi connectivity index (χ2v) is 12.8. The molecule has 0 aromatic heterocycles. The van der Waals surface area contributed by atoms with E-state index in [1.807, 2.05) is 27.3 Å². The van der Waals surface area contributed by atoms with Crippen molar-refractivity contribution in [3.05, 3.63) is 0 Å². The van der Waals surface area contributed by atoms with Crippen LogP contribution in [0.5, 0.6) is 0 Å². The summed E-state index contributed by atoms with van der Waals surface area (Å²) in [6, 6.07) is 1.81. The number of hydrogen-bond acceptors (Lipinski definition) is 3. The summed E-state index contributed by atoms with van der Waals surface area (Å²) in [4.78, 5) is 0. The molecule has 3 nitrogen and oxygen atoms in total. The lowest BCUT2D eigenvalue weighted by molar-refractivity contribution is 0.189. The van der Waals surface area contributed by atoms with Gasteiger partial charge in [0.05, 0.1) is 0 Å². The van der Waals surface area contributed by atoms with E-state index in [1.54, 1.807) is 0 Å². The Morgan fingerprint density at radius 1 is 0.812 bits per heavy atom. The fourth-order valence-electron chi connectivity index (χ4n) is 1.62. The van der Waals surface area contributed by atoms with Gasteiger partial charge in [0.2, 0.25) is 0 Å². The lowest BCUT2D eigenvalue weighted by atomic mass is 10.9. The molecule has 0 saturated carbocycles. The number of rotatable bonds is 9. The summed E-state index contributed by atoms with van der Waals surface area (Å²) in [5.41, 5.74) is 0. The third kappa shape index (κ3) is 7.03. The van der Waals surface area contributed by atoms with Gasteiger partial charge in [-0.15, -0.1) is 11.1 Å². The topological polar surface area (TPSA) is 27.7 Å². The van der Waals surface area contributed by atoms with E-state index in [0.717, 1.165) is 12.1 Å². The van der Waals surface area contributed by atoms with E-state index < -0.39 is 16.2 Å². The summed E-state index contributed by atoms with van der Waals surface area (Å²) >= 11 is 6.37. The van der Waals surface area contributed by atoms with Crippen LogP contribution in [0.3, 0.4) is 0 Å². The monoisotopic (exact) mass is 284 g/mol. The Morgan fingerprint density at radius 2 is 1.25 bits per heavy atom. The maximum absolute atomic E-state index is 6.37. The van der Waals surface area contributed by atoms with Crippen LogP contribution in [0, 0.1) is 0 Å². The van der Waals surface area contributed by atoms with E-state index in [-0.39, 0.29) is 0 Å². The molecule has 0 saturated heterocycles. The summed E-state index contributed by atoms with van der Waals surface area (Å²) < 4.78 is 17.1. The third-order valence-corrected chi connectivity index (χ3v) is 8.76. The molecule has 16 heavy (non-hydrogen) atoms. The Hall–Kier alpha value is 0.604. The summed E-state index contributed by atoms with van der Waals surface area (Å²) in [5, 5.41) is 0. The zero-order chi connectivity index (χ0) is 12.7. The minimum absolute atomic E-state index is 0.688. The zero-order valence-corrected chi connectivity index (χ0v) is 13.9. The van der Waals surface area contributed by atoms with Gasteiger partial charge < -0.3 is 13.3 Å². The SMILES string of the molecule is CCO[Si](C)(Cl)CC[Si](C)(OCC)OCC. The van der Waals surface area contributed by atoms with E-state index in [9.17, 15) is 0 Å². The maximum Gasteiger partial charge on any atom is 0.334 e. The van der Waals surface area contributed by atoms with Crippen molar-refractivity contribution in [3.63, 3.8) is 0 Å². The molecule has 0 bridgehead atoms. The minimum atomic E-state index is -2.02. The average Bonchev–Trinajstić information content (AvgIpc) is 2.16. The van der Waals surface area contributed by atoms with Gasteiger partial charge in [-0.1, -0.05) is 0 Å². The maximum atomic E-state index is 6.37. The molecule has 0 aromatic rings. The van der Waals surface area contributed by atoms with Crippen molar-refractivity contribution in [2.75, 3.05) is 19.8 Å². The normalized spacial score (nSPS) is 16.1. The smallest absolute Gasteiger partial charge is 0.334 e. The van der Waals surface area contributed by atoms with Gasteiger partial charge in [0.25, 0.3) is 7.63 Å². The van der Waals surface area contributed by atoms with Crippen molar-refractivity contribution >= 4 is 27.3 Å². The molecule has 1 unspecified atom stereocenters. The molecule has 0 N–H and O–H groups in total. The van der Waals surface area contributed by atoms with Gasteiger partial charge in [-0.05, 0) is 46.0 Å². The molecule has 0 aliphatic rings. The molecule has 0 fully saturated rings. The molecule has 0 aliphatic heterocycles. The van der Waals surface area contributed by atoms with Gasteiger partial charge in [-0.3, -0.25) is 0 Å². The molecule has 0 rings (SSSR count). The molecular formula is C10H25ClO3Si2. The molecule has 0 heterocycles. The van der Waals surface area contributed by atoms with E-state index in [4.69, 9.17) is 24.4 Å². The van der Waals surface area contributed by atoms with Crippen LogP contribution >= 0.6 is 11.1 Å². The Kier molecular flexibility index (Phi) is 8.13. The van der Waals surface area contributed by atoms with Gasteiger partial charge >= 0.3 is 8.56 Å². The fraction of sp³-hybridized carbons (Fsp3) is 1.00. The minimum Gasteiger partial charge on any atom is -0.403 e. The van der Waals surface area contributed by atoms with Gasteiger partial charge in [-0.25, -0.2) is 0 Å². The Morgan fingerprint density at radius 3 is 1.62 bits per heavy atom. The van der Waals surface area contributed by atoms with Crippen molar-refractivity contribution in [3.8, 4) is 0 Å². The summed E-state index contributed by atoms with van der Waals surface area (Å²) in [5.74, 6) is 0. The highest BCUT2D eigenvalue weighted by atomic mass is 35.6. The third-order valence-electron chi connectivity index (χ3n) is 2.37. The standard InChI is InChI=1S/C10H25ClO3Si2/c1-6-12-15(4,11)9-10-16(5,13-7-2)14-8-3/h6-10H2,1-5H3. The molecule has 0 aliphatic carbocycles. The highest BCUT2D eigenvalue weighted by molar-refractivity contribution is 7.16. The largest absolute Gasteiger partial charge is 0.403 e. The highest BCUT2D eigenvalue weighted by Gasteiger charge is 2.36. The molecule has 0 spiro atoms. The quantitative estimate of drug-likeness (QED) is 0.479. The van der Waals surface area contributed by atoms with Crippen LogP contribution in [-0.2, 0) is 13.3 Å². The Bertz CT molecular complexity index is 185. The van der Waals surface area contributed by atoms with Crippen molar-refractivity contribution in [2.24, 2.45) is 0 Å². The molecule has 6 heteroatoms. The molecular weight excluding hydrogens is 260 g/mol. The van der Waals surface area contributed by atoms with Crippen LogP contribution in [0.4, 0.5) is 0 Å². The fourth-order valence-corrected chi connectivity index (χ4v) is 8.74. The second-order valence-electron chi connectivity index (χ2n) is 4.03. The van der Waals surface area contributed by atoms with E-state index in [1.165, 1.54) is 0 Å². The number of halogens is 1. The zero-order valence-electron chi connectivity index (χ0n) is 11.1. The van der Waals surface area contributed by atoms with Crippen LogP contribution < -0.4 is 0 Å². The van der Waals surface area contributed by atoms with E-state index in [0.29, 0.717) is 19.8 Å². The van der Waals surface area contributed by atoms with Crippen molar-refractivity contribution in [1.82, 2.24) is 0 Å². The summed E-state index contributed by atoms with van der Waals surface area (Å²) in [6.45, 7) is 12.2. The lowest BCUT2D eigenvalue weighted by Gasteiger charge is -2.28. The van der Waals surface area contributed by atoms with Gasteiger partial charge in [0.1, 0.15) is 0 Å². The first-order valence-electron chi connectivity index (χ1n) is 6.00. The molecule has 1 atom stereocenters. The molecule has 0 aromatic carbocycles. The highest BCUT2D eigenvalue weighted by Crippen LogP contribution is 2.25. The first kappa shape index (κ1) is 16.6. The van der Waals surface area contributed by atoms with Crippen molar-refractivity contribution < 1.29 is 13.3 Å². The predicted octanol–water partition coefficient (Wildman–Crippen LogP) is 3.48. The Balaban J connectivity index is 4.19. The van der Waals surface area contributed by atoms with E-state index >= 15 is 0 Å². The molecule has 0 amide bonds.